The van der Waals surface area contributed by atoms with Crippen LogP contribution in [0.15, 0.2) is 0 Å². The molecule has 0 saturated heterocycles. The van der Waals surface area contributed by atoms with Gasteiger partial charge in [0, 0.05) is 24.6 Å². The van der Waals surface area contributed by atoms with Gasteiger partial charge in [-0.2, -0.15) is 11.8 Å². The van der Waals surface area contributed by atoms with E-state index in [9.17, 15) is 5.11 Å². The van der Waals surface area contributed by atoms with E-state index in [2.05, 4.69) is 33.0 Å². The Hall–Kier alpha value is 0.270. The predicted octanol–water partition coefficient (Wildman–Crippen LogP) is 2.91. The molecule has 0 aromatic carbocycles. The first-order valence-electron chi connectivity index (χ1n) is 6.56. The molecular formula is C13H29NOS. The Balaban J connectivity index is 3.82. The maximum absolute atomic E-state index is 9.46. The summed E-state index contributed by atoms with van der Waals surface area (Å²) in [5.41, 5.74) is 0.0894. The first-order valence-corrected chi connectivity index (χ1v) is 7.71. The van der Waals surface area contributed by atoms with Gasteiger partial charge in [0.15, 0.2) is 0 Å². The highest BCUT2D eigenvalue weighted by Crippen LogP contribution is 2.24. The van der Waals surface area contributed by atoms with Crippen molar-refractivity contribution in [3.63, 3.8) is 0 Å². The summed E-state index contributed by atoms with van der Waals surface area (Å²) in [5, 5.41) is 13.0. The highest BCUT2D eigenvalue weighted by atomic mass is 32.2. The Kier molecular flexibility index (Phi) is 9.47. The van der Waals surface area contributed by atoms with Crippen LogP contribution in [0.25, 0.3) is 0 Å². The van der Waals surface area contributed by atoms with Crippen LogP contribution in [-0.4, -0.2) is 35.8 Å². The number of hydrogen-bond acceptors (Lipinski definition) is 3. The van der Waals surface area contributed by atoms with E-state index in [0.29, 0.717) is 12.6 Å². The van der Waals surface area contributed by atoms with Crippen LogP contribution in [-0.2, 0) is 0 Å². The van der Waals surface area contributed by atoms with Crippen LogP contribution in [0.4, 0.5) is 0 Å². The molecule has 0 fully saturated rings. The van der Waals surface area contributed by atoms with Crippen molar-refractivity contribution < 1.29 is 5.11 Å². The minimum absolute atomic E-state index is 0.0894. The quantitative estimate of drug-likeness (QED) is 0.582. The third-order valence-corrected chi connectivity index (χ3v) is 4.49. The largest absolute Gasteiger partial charge is 0.396 e. The van der Waals surface area contributed by atoms with Crippen molar-refractivity contribution in [3.05, 3.63) is 0 Å². The summed E-state index contributed by atoms with van der Waals surface area (Å²) in [5.74, 6) is 2.44. The second kappa shape index (κ2) is 9.32. The number of aliphatic hydroxyl groups excluding tert-OH is 1. The highest BCUT2D eigenvalue weighted by molar-refractivity contribution is 7.99. The number of nitrogens with one attached hydrogen (secondary N) is 1. The lowest BCUT2D eigenvalue weighted by molar-refractivity contribution is 0.110. The number of thioether (sulfide) groups is 1. The average molecular weight is 247 g/mol. The molecule has 3 heteroatoms. The predicted molar refractivity (Wildman–Crippen MR) is 75.2 cm³/mol. The van der Waals surface area contributed by atoms with Crippen LogP contribution in [0.2, 0.25) is 0 Å². The van der Waals surface area contributed by atoms with Gasteiger partial charge in [-0.25, -0.2) is 0 Å². The van der Waals surface area contributed by atoms with E-state index in [4.69, 9.17) is 0 Å². The molecule has 0 amide bonds. The summed E-state index contributed by atoms with van der Waals surface area (Å²) >= 11 is 2.00. The number of hydrogen-bond donors (Lipinski definition) is 2. The Morgan fingerprint density at radius 3 is 2.31 bits per heavy atom. The molecule has 0 heterocycles. The molecule has 0 spiro atoms. The van der Waals surface area contributed by atoms with Crippen LogP contribution < -0.4 is 5.32 Å². The third kappa shape index (κ3) is 6.12. The van der Waals surface area contributed by atoms with Gasteiger partial charge >= 0.3 is 0 Å². The zero-order valence-corrected chi connectivity index (χ0v) is 12.2. The maximum Gasteiger partial charge on any atom is 0.0499 e. The second-order valence-corrected chi connectivity index (χ2v) is 6.03. The lowest BCUT2D eigenvalue weighted by atomic mass is 9.83. The second-order valence-electron chi connectivity index (χ2n) is 4.63. The Morgan fingerprint density at radius 2 is 1.88 bits per heavy atom. The average Bonchev–Trinajstić information content (AvgIpc) is 2.32. The summed E-state index contributed by atoms with van der Waals surface area (Å²) in [6.45, 7) is 10.0. The van der Waals surface area contributed by atoms with Gasteiger partial charge in [0.1, 0.15) is 0 Å². The Bertz CT molecular complexity index is 152. The van der Waals surface area contributed by atoms with Crippen molar-refractivity contribution in [1.82, 2.24) is 5.32 Å². The van der Waals surface area contributed by atoms with E-state index in [-0.39, 0.29) is 5.41 Å². The first kappa shape index (κ1) is 16.3. The van der Waals surface area contributed by atoms with E-state index >= 15 is 0 Å². The molecule has 0 radical (unpaired) electrons. The fraction of sp³-hybridized carbons (Fsp3) is 1.00. The van der Waals surface area contributed by atoms with Gasteiger partial charge in [-0.3, -0.25) is 0 Å². The van der Waals surface area contributed by atoms with Gasteiger partial charge in [0.05, 0.1) is 0 Å². The summed E-state index contributed by atoms with van der Waals surface area (Å²) in [7, 11) is 0. The van der Waals surface area contributed by atoms with Crippen LogP contribution in [0.3, 0.4) is 0 Å². The van der Waals surface area contributed by atoms with E-state index < -0.39 is 0 Å². The van der Waals surface area contributed by atoms with E-state index in [1.807, 2.05) is 11.8 Å². The zero-order chi connectivity index (χ0) is 12.4. The molecule has 0 rings (SSSR count). The maximum atomic E-state index is 9.46. The highest BCUT2D eigenvalue weighted by Gasteiger charge is 2.25. The summed E-state index contributed by atoms with van der Waals surface area (Å²) in [6, 6.07) is 0.558. The van der Waals surface area contributed by atoms with Gasteiger partial charge in [-0.05, 0) is 37.7 Å². The smallest absolute Gasteiger partial charge is 0.0499 e. The summed E-state index contributed by atoms with van der Waals surface area (Å²) < 4.78 is 0. The Labute approximate surface area is 106 Å². The molecule has 0 aromatic rings. The number of rotatable bonds is 10. The molecule has 2 nitrogen and oxygen atoms in total. The molecule has 98 valence electrons. The molecule has 0 aliphatic heterocycles. The third-order valence-electron chi connectivity index (χ3n) is 3.56. The fourth-order valence-corrected chi connectivity index (χ4v) is 2.49. The number of aliphatic hydroxyl groups is 1. The normalized spacial score (nSPS) is 14.1. The van der Waals surface area contributed by atoms with Gasteiger partial charge in [-0.15, -0.1) is 0 Å². The van der Waals surface area contributed by atoms with Crippen molar-refractivity contribution in [2.45, 2.75) is 53.0 Å². The molecule has 1 unspecified atom stereocenters. The molecule has 0 bridgehead atoms. The SMILES string of the molecule is CCSCCC(C)NCC(CC)(CC)CO. The van der Waals surface area contributed by atoms with Crippen LogP contribution >= 0.6 is 11.8 Å². The lowest BCUT2D eigenvalue weighted by Gasteiger charge is -2.31. The van der Waals surface area contributed by atoms with Crippen LogP contribution in [0.5, 0.6) is 0 Å². The first-order chi connectivity index (χ1) is 7.64. The lowest BCUT2D eigenvalue weighted by Crippen LogP contribution is -2.40. The summed E-state index contributed by atoms with van der Waals surface area (Å²) in [4.78, 5) is 0. The van der Waals surface area contributed by atoms with Crippen LogP contribution in [0, 0.1) is 5.41 Å². The summed E-state index contributed by atoms with van der Waals surface area (Å²) in [6.07, 6.45) is 3.31. The standard InChI is InChI=1S/C13H29NOS/c1-5-13(6-2,11-15)10-14-12(4)8-9-16-7-3/h12,14-15H,5-11H2,1-4H3. The van der Waals surface area contributed by atoms with Gasteiger partial charge in [0.2, 0.25) is 0 Å². The minimum Gasteiger partial charge on any atom is -0.396 e. The molecule has 2 N–H and O–H groups in total. The molecular weight excluding hydrogens is 218 g/mol. The monoisotopic (exact) mass is 247 g/mol. The molecule has 0 aliphatic carbocycles. The van der Waals surface area contributed by atoms with E-state index in [0.717, 1.165) is 19.4 Å². The molecule has 0 aromatic heterocycles. The molecule has 16 heavy (non-hydrogen) atoms. The topological polar surface area (TPSA) is 32.3 Å². The molecule has 0 saturated carbocycles. The van der Waals surface area contributed by atoms with Gasteiger partial charge in [0.25, 0.3) is 0 Å². The van der Waals surface area contributed by atoms with Crippen molar-refractivity contribution in [3.8, 4) is 0 Å². The van der Waals surface area contributed by atoms with Crippen molar-refractivity contribution in [1.29, 1.82) is 0 Å². The van der Waals surface area contributed by atoms with E-state index in [1.54, 1.807) is 0 Å². The molecule has 1 atom stereocenters. The van der Waals surface area contributed by atoms with Crippen LogP contribution in [0.1, 0.15) is 47.0 Å². The fourth-order valence-electron chi connectivity index (χ4n) is 1.68. The van der Waals surface area contributed by atoms with Gasteiger partial charge in [-0.1, -0.05) is 20.8 Å². The van der Waals surface area contributed by atoms with E-state index in [1.165, 1.54) is 17.9 Å². The molecule has 0 aliphatic rings. The Morgan fingerprint density at radius 1 is 1.25 bits per heavy atom. The van der Waals surface area contributed by atoms with Crippen molar-refractivity contribution >= 4 is 11.8 Å². The van der Waals surface area contributed by atoms with Gasteiger partial charge < -0.3 is 10.4 Å². The minimum atomic E-state index is 0.0894. The van der Waals surface area contributed by atoms with Crippen molar-refractivity contribution in [2.24, 2.45) is 5.41 Å². The van der Waals surface area contributed by atoms with Crippen molar-refractivity contribution in [2.75, 3.05) is 24.7 Å². The zero-order valence-electron chi connectivity index (χ0n) is 11.4.